The fourth-order valence-electron chi connectivity index (χ4n) is 4.57. The van der Waals surface area contributed by atoms with Crippen LogP contribution in [0.1, 0.15) is 78.1 Å². The highest BCUT2D eigenvalue weighted by molar-refractivity contribution is 5.81. The first-order valence-electron chi connectivity index (χ1n) is 9.57. The van der Waals surface area contributed by atoms with Crippen LogP contribution in [0.15, 0.2) is 12.2 Å². The Balaban J connectivity index is 1.68. The molecule has 2 fully saturated rings. The molecule has 0 saturated heterocycles. The van der Waals surface area contributed by atoms with Crippen LogP contribution >= 0.6 is 0 Å². The molecule has 0 aromatic heterocycles. The van der Waals surface area contributed by atoms with Crippen LogP contribution in [0.25, 0.3) is 0 Å². The van der Waals surface area contributed by atoms with Crippen LogP contribution in [0, 0.1) is 23.7 Å². The average Bonchev–Trinajstić information content (AvgIpc) is 2.55. The quantitative estimate of drug-likeness (QED) is 0.477. The predicted molar refractivity (Wildman–Crippen MR) is 91.6 cm³/mol. The summed E-state index contributed by atoms with van der Waals surface area (Å²) >= 11 is 0. The minimum Gasteiger partial charge on any atom is -0.463 e. The Bertz CT molecular complexity index is 345. The minimum absolute atomic E-state index is 0.182. The highest BCUT2D eigenvalue weighted by Crippen LogP contribution is 2.42. The lowest BCUT2D eigenvalue weighted by Gasteiger charge is -2.37. The van der Waals surface area contributed by atoms with Gasteiger partial charge in [-0.25, -0.2) is 4.79 Å². The largest absolute Gasteiger partial charge is 0.463 e. The third-order valence-corrected chi connectivity index (χ3v) is 5.86. The van der Waals surface area contributed by atoms with Gasteiger partial charge in [0.1, 0.15) is 0 Å². The molecule has 0 spiro atoms. The molecule has 2 aliphatic rings. The van der Waals surface area contributed by atoms with Crippen molar-refractivity contribution in [1.82, 2.24) is 0 Å². The summed E-state index contributed by atoms with van der Waals surface area (Å²) in [4.78, 5) is 11.4. The van der Waals surface area contributed by atoms with Crippen molar-refractivity contribution in [3.05, 3.63) is 12.2 Å². The molecule has 2 aliphatic carbocycles. The molecule has 0 N–H and O–H groups in total. The van der Waals surface area contributed by atoms with Crippen LogP contribution in [-0.4, -0.2) is 12.6 Å². The van der Waals surface area contributed by atoms with E-state index in [9.17, 15) is 4.79 Å². The van der Waals surface area contributed by atoms with Crippen molar-refractivity contribution in [2.75, 3.05) is 6.61 Å². The van der Waals surface area contributed by atoms with E-state index in [1.54, 1.807) is 6.08 Å². The van der Waals surface area contributed by atoms with Gasteiger partial charge in [0.05, 0.1) is 6.61 Å². The molecule has 126 valence electrons. The zero-order valence-corrected chi connectivity index (χ0v) is 14.6. The van der Waals surface area contributed by atoms with E-state index in [1.807, 2.05) is 6.92 Å². The van der Waals surface area contributed by atoms with Crippen molar-refractivity contribution < 1.29 is 9.53 Å². The second kappa shape index (κ2) is 9.37. The van der Waals surface area contributed by atoms with E-state index in [0.29, 0.717) is 12.5 Å². The van der Waals surface area contributed by atoms with Crippen LogP contribution in [0.3, 0.4) is 0 Å². The van der Waals surface area contributed by atoms with Gasteiger partial charge >= 0.3 is 5.97 Å². The molecule has 0 bridgehead atoms. The lowest BCUT2D eigenvalue weighted by Crippen LogP contribution is -2.25. The van der Waals surface area contributed by atoms with E-state index in [2.05, 4.69) is 13.0 Å². The number of carbonyl (C=O) groups excluding carboxylic acids is 1. The first-order valence-corrected chi connectivity index (χ1v) is 9.57. The number of ether oxygens (including phenoxy) is 1. The topological polar surface area (TPSA) is 26.3 Å². The first-order chi connectivity index (χ1) is 10.7. The number of hydrogen-bond donors (Lipinski definition) is 0. The maximum atomic E-state index is 11.4. The second-order valence-corrected chi connectivity index (χ2v) is 7.36. The second-order valence-electron chi connectivity index (χ2n) is 7.36. The van der Waals surface area contributed by atoms with Crippen LogP contribution in [-0.2, 0) is 9.53 Å². The van der Waals surface area contributed by atoms with E-state index in [-0.39, 0.29) is 5.97 Å². The normalized spacial score (nSPS) is 33.0. The molecular formula is C20H34O2. The molecular weight excluding hydrogens is 272 g/mol. The summed E-state index contributed by atoms with van der Waals surface area (Å²) < 4.78 is 4.95. The van der Waals surface area contributed by atoms with Crippen molar-refractivity contribution >= 4 is 5.97 Å². The minimum atomic E-state index is -0.182. The number of esters is 1. The van der Waals surface area contributed by atoms with Crippen molar-refractivity contribution in [3.8, 4) is 0 Å². The van der Waals surface area contributed by atoms with Crippen LogP contribution in [0.4, 0.5) is 0 Å². The number of hydrogen-bond acceptors (Lipinski definition) is 2. The van der Waals surface area contributed by atoms with E-state index in [4.69, 9.17) is 4.74 Å². The number of carbonyl (C=O) groups is 1. The molecule has 0 amide bonds. The molecule has 2 rings (SSSR count). The Kier molecular flexibility index (Phi) is 7.48. The summed E-state index contributed by atoms with van der Waals surface area (Å²) in [5.41, 5.74) is 0. The SMILES string of the molecule is CCC[C@H]1CC[C@H]([C@H]2CC[C@H](C=CC(=O)OCC)CC2)CC1. The standard InChI is InChI=1S/C20H34O2/c1-3-5-16-6-11-18(12-7-16)19-13-8-17(9-14-19)10-15-20(21)22-4-2/h10,15-19H,3-9,11-14H2,1-2H3/t16-,17-,18-,19-. The summed E-state index contributed by atoms with van der Waals surface area (Å²) in [7, 11) is 0. The van der Waals surface area contributed by atoms with Crippen LogP contribution in [0.5, 0.6) is 0 Å². The lowest BCUT2D eigenvalue weighted by molar-refractivity contribution is -0.137. The molecule has 0 unspecified atom stereocenters. The third kappa shape index (κ3) is 5.44. The molecule has 0 atom stereocenters. The zero-order chi connectivity index (χ0) is 15.8. The maximum Gasteiger partial charge on any atom is 0.330 e. The van der Waals surface area contributed by atoms with Gasteiger partial charge in [-0.15, -0.1) is 0 Å². The molecule has 0 heterocycles. The molecule has 0 aliphatic heterocycles. The van der Waals surface area contributed by atoms with Gasteiger partial charge in [0.15, 0.2) is 0 Å². The van der Waals surface area contributed by atoms with E-state index in [1.165, 1.54) is 64.2 Å². The third-order valence-electron chi connectivity index (χ3n) is 5.86. The Morgan fingerprint density at radius 3 is 2.09 bits per heavy atom. The fraction of sp³-hybridized carbons (Fsp3) is 0.850. The van der Waals surface area contributed by atoms with Crippen molar-refractivity contribution in [2.24, 2.45) is 23.7 Å². The molecule has 2 heteroatoms. The van der Waals surface area contributed by atoms with Crippen molar-refractivity contribution in [1.29, 1.82) is 0 Å². The highest BCUT2D eigenvalue weighted by atomic mass is 16.5. The monoisotopic (exact) mass is 306 g/mol. The van der Waals surface area contributed by atoms with Gasteiger partial charge in [-0.3, -0.25) is 0 Å². The van der Waals surface area contributed by atoms with E-state index in [0.717, 1.165) is 17.8 Å². The van der Waals surface area contributed by atoms with Crippen molar-refractivity contribution in [3.63, 3.8) is 0 Å². The molecule has 22 heavy (non-hydrogen) atoms. The van der Waals surface area contributed by atoms with Crippen molar-refractivity contribution in [2.45, 2.75) is 78.1 Å². The molecule has 2 saturated carbocycles. The van der Waals surface area contributed by atoms with Gasteiger partial charge in [0, 0.05) is 6.08 Å². The van der Waals surface area contributed by atoms with Gasteiger partial charge in [0.25, 0.3) is 0 Å². The molecule has 0 aromatic carbocycles. The summed E-state index contributed by atoms with van der Waals surface area (Å²) in [5.74, 6) is 3.37. The van der Waals surface area contributed by atoms with Gasteiger partial charge in [0.2, 0.25) is 0 Å². The Morgan fingerprint density at radius 1 is 0.955 bits per heavy atom. The first kappa shape index (κ1) is 17.6. The van der Waals surface area contributed by atoms with Gasteiger partial charge < -0.3 is 4.74 Å². The van der Waals surface area contributed by atoms with Gasteiger partial charge in [-0.05, 0) is 69.1 Å². The summed E-state index contributed by atoms with van der Waals surface area (Å²) in [6, 6.07) is 0. The van der Waals surface area contributed by atoms with E-state index >= 15 is 0 Å². The summed E-state index contributed by atoms with van der Waals surface area (Å²) in [6.45, 7) is 4.64. The van der Waals surface area contributed by atoms with Gasteiger partial charge in [-0.2, -0.15) is 0 Å². The maximum absolute atomic E-state index is 11.4. The smallest absolute Gasteiger partial charge is 0.330 e. The Labute approximate surface area is 136 Å². The number of rotatable bonds is 6. The average molecular weight is 306 g/mol. The Hall–Kier alpha value is -0.790. The molecule has 0 radical (unpaired) electrons. The van der Waals surface area contributed by atoms with Crippen LogP contribution < -0.4 is 0 Å². The molecule has 0 aromatic rings. The zero-order valence-electron chi connectivity index (χ0n) is 14.6. The van der Waals surface area contributed by atoms with E-state index < -0.39 is 0 Å². The Morgan fingerprint density at radius 2 is 1.55 bits per heavy atom. The molecule has 2 nitrogen and oxygen atoms in total. The number of allylic oxidation sites excluding steroid dienone is 1. The fourth-order valence-corrected chi connectivity index (χ4v) is 4.57. The highest BCUT2D eigenvalue weighted by Gasteiger charge is 2.30. The summed E-state index contributed by atoms with van der Waals surface area (Å²) in [6.07, 6.45) is 17.7. The predicted octanol–water partition coefficient (Wildman–Crippen LogP) is 5.52. The summed E-state index contributed by atoms with van der Waals surface area (Å²) in [5, 5.41) is 0. The van der Waals surface area contributed by atoms with Crippen LogP contribution in [0.2, 0.25) is 0 Å². The van der Waals surface area contributed by atoms with Gasteiger partial charge in [-0.1, -0.05) is 38.7 Å². The lowest BCUT2D eigenvalue weighted by atomic mass is 9.69.